The summed E-state index contributed by atoms with van der Waals surface area (Å²) in [4.78, 5) is 11.8. The van der Waals surface area contributed by atoms with Crippen molar-refractivity contribution >= 4 is 16.6 Å². The molecule has 1 unspecified atom stereocenters. The van der Waals surface area contributed by atoms with E-state index in [0.29, 0.717) is 42.2 Å². The Morgan fingerprint density at radius 3 is 2.57 bits per heavy atom. The lowest BCUT2D eigenvalue weighted by Gasteiger charge is -2.06. The number of aryl methyl sites for hydroxylation is 1. The van der Waals surface area contributed by atoms with E-state index < -0.39 is 10.8 Å². The van der Waals surface area contributed by atoms with Gasteiger partial charge in [-0.15, -0.1) is 0 Å². The molecule has 0 amide bonds. The molecule has 0 radical (unpaired) electrons. The third-order valence-electron chi connectivity index (χ3n) is 3.45. The van der Waals surface area contributed by atoms with E-state index in [1.165, 1.54) is 6.92 Å². The predicted octanol–water partition coefficient (Wildman–Crippen LogP) is 2.79. The topological polar surface area (TPSA) is 69.4 Å². The van der Waals surface area contributed by atoms with Gasteiger partial charge in [0, 0.05) is 23.5 Å². The van der Waals surface area contributed by atoms with Crippen molar-refractivity contribution in [2.45, 2.75) is 26.7 Å². The first-order chi connectivity index (χ1) is 11.0. The Morgan fingerprint density at radius 1 is 1.30 bits per heavy atom. The quantitative estimate of drug-likeness (QED) is 0.694. The first kappa shape index (κ1) is 17.4. The summed E-state index contributed by atoms with van der Waals surface area (Å²) in [6.45, 7) is 3.91. The highest BCUT2D eigenvalue weighted by atomic mass is 32.2. The Balaban J connectivity index is 2.05. The third kappa shape index (κ3) is 4.76. The number of benzene rings is 1. The zero-order valence-electron chi connectivity index (χ0n) is 13.6. The van der Waals surface area contributed by atoms with Gasteiger partial charge >= 0.3 is 0 Å². The van der Waals surface area contributed by atoms with Crippen molar-refractivity contribution in [3.8, 4) is 5.75 Å². The van der Waals surface area contributed by atoms with Gasteiger partial charge in [0.15, 0.2) is 11.5 Å². The summed E-state index contributed by atoms with van der Waals surface area (Å²) >= 11 is 0. The van der Waals surface area contributed by atoms with Gasteiger partial charge in [-0.2, -0.15) is 0 Å². The second kappa shape index (κ2) is 8.06. The van der Waals surface area contributed by atoms with Gasteiger partial charge in [0.25, 0.3) is 0 Å². The average molecular weight is 335 g/mol. The summed E-state index contributed by atoms with van der Waals surface area (Å²) < 4.78 is 21.9. The minimum Gasteiger partial charge on any atom is -0.493 e. The maximum absolute atomic E-state index is 11.8. The summed E-state index contributed by atoms with van der Waals surface area (Å²) in [6.07, 6.45) is 2.84. The van der Waals surface area contributed by atoms with Crippen LogP contribution in [0.25, 0.3) is 0 Å². The van der Waals surface area contributed by atoms with Gasteiger partial charge in [-0.1, -0.05) is 24.2 Å². The lowest BCUT2D eigenvalue weighted by atomic mass is 10.0. The van der Waals surface area contributed by atoms with Crippen molar-refractivity contribution < 1.29 is 18.3 Å². The molecule has 0 aliphatic heterocycles. The molecule has 124 valence electrons. The van der Waals surface area contributed by atoms with Crippen molar-refractivity contribution in [3.63, 3.8) is 0 Å². The zero-order chi connectivity index (χ0) is 16.8. The Hall–Kier alpha value is -1.95. The highest BCUT2D eigenvalue weighted by molar-refractivity contribution is 7.84. The van der Waals surface area contributed by atoms with E-state index >= 15 is 0 Å². The standard InChI is InChI=1S/C17H21NO4S/c1-4-15-17(12(2)19)16(22-18-15)11-13-5-7-14(8-6-13)21-9-10-23(3)20/h5-8H,4,9-11H2,1-3H3. The van der Waals surface area contributed by atoms with Crippen LogP contribution < -0.4 is 4.74 Å². The largest absolute Gasteiger partial charge is 0.493 e. The van der Waals surface area contributed by atoms with E-state index in [1.807, 2.05) is 31.2 Å². The lowest BCUT2D eigenvalue weighted by Crippen LogP contribution is -2.06. The minimum absolute atomic E-state index is 0.0226. The second-order valence-electron chi connectivity index (χ2n) is 5.28. The number of rotatable bonds is 8. The van der Waals surface area contributed by atoms with E-state index in [-0.39, 0.29) is 5.78 Å². The van der Waals surface area contributed by atoms with E-state index in [0.717, 1.165) is 11.3 Å². The van der Waals surface area contributed by atoms with Crippen LogP contribution in [-0.2, 0) is 23.6 Å². The van der Waals surface area contributed by atoms with Crippen LogP contribution in [0.2, 0.25) is 0 Å². The molecule has 2 rings (SSSR count). The van der Waals surface area contributed by atoms with Crippen LogP contribution in [0.1, 0.15) is 41.2 Å². The molecule has 23 heavy (non-hydrogen) atoms. The number of ether oxygens (including phenoxy) is 1. The van der Waals surface area contributed by atoms with Crippen molar-refractivity contribution in [2.75, 3.05) is 18.6 Å². The molecule has 2 aromatic rings. The summed E-state index contributed by atoms with van der Waals surface area (Å²) in [6, 6.07) is 7.57. The summed E-state index contributed by atoms with van der Waals surface area (Å²) in [5, 5.41) is 3.98. The molecule has 0 spiro atoms. The molecule has 0 saturated carbocycles. The van der Waals surface area contributed by atoms with Gasteiger partial charge in [-0.05, 0) is 31.0 Å². The first-order valence-electron chi connectivity index (χ1n) is 7.51. The van der Waals surface area contributed by atoms with Crippen molar-refractivity contribution in [3.05, 3.63) is 46.8 Å². The monoisotopic (exact) mass is 335 g/mol. The molecular formula is C17H21NO4S. The van der Waals surface area contributed by atoms with Crippen LogP contribution in [0.4, 0.5) is 0 Å². The smallest absolute Gasteiger partial charge is 0.165 e. The average Bonchev–Trinajstić information content (AvgIpc) is 2.91. The molecule has 0 aliphatic carbocycles. The maximum Gasteiger partial charge on any atom is 0.165 e. The molecule has 1 aromatic heterocycles. The van der Waals surface area contributed by atoms with E-state index in [1.54, 1.807) is 6.26 Å². The van der Waals surface area contributed by atoms with Gasteiger partial charge in [0.05, 0.1) is 23.6 Å². The van der Waals surface area contributed by atoms with Crippen LogP contribution in [0.3, 0.4) is 0 Å². The third-order valence-corrected chi connectivity index (χ3v) is 4.19. The van der Waals surface area contributed by atoms with Crippen molar-refractivity contribution in [2.24, 2.45) is 0 Å². The normalized spacial score (nSPS) is 12.1. The van der Waals surface area contributed by atoms with Crippen LogP contribution in [0.15, 0.2) is 28.8 Å². The van der Waals surface area contributed by atoms with Crippen LogP contribution in [-0.4, -0.2) is 33.8 Å². The molecule has 6 heteroatoms. The van der Waals surface area contributed by atoms with Gasteiger partial charge < -0.3 is 9.26 Å². The molecule has 1 aromatic carbocycles. The fourth-order valence-electron chi connectivity index (χ4n) is 2.29. The molecule has 5 nitrogen and oxygen atoms in total. The van der Waals surface area contributed by atoms with E-state index in [2.05, 4.69) is 5.16 Å². The molecule has 1 heterocycles. The summed E-state index contributed by atoms with van der Waals surface area (Å²) in [5.74, 6) is 1.83. The van der Waals surface area contributed by atoms with Crippen molar-refractivity contribution in [1.82, 2.24) is 5.16 Å². The van der Waals surface area contributed by atoms with Crippen molar-refractivity contribution in [1.29, 1.82) is 0 Å². The highest BCUT2D eigenvalue weighted by Crippen LogP contribution is 2.21. The molecular weight excluding hydrogens is 314 g/mol. The number of ketones is 1. The molecule has 0 saturated heterocycles. The van der Waals surface area contributed by atoms with Gasteiger partial charge in [-0.25, -0.2) is 0 Å². The molecule has 0 N–H and O–H groups in total. The highest BCUT2D eigenvalue weighted by Gasteiger charge is 2.18. The fourth-order valence-corrected chi connectivity index (χ4v) is 2.61. The predicted molar refractivity (Wildman–Crippen MR) is 89.6 cm³/mol. The SMILES string of the molecule is CCc1noc(Cc2ccc(OCCS(C)=O)cc2)c1C(C)=O. The number of Topliss-reactive ketones (excluding diaryl/α,β-unsaturated/α-hetero) is 1. The van der Waals surface area contributed by atoms with Crippen LogP contribution in [0, 0.1) is 0 Å². The van der Waals surface area contributed by atoms with Gasteiger partial charge in [0.1, 0.15) is 5.75 Å². The Morgan fingerprint density at radius 2 is 2.00 bits per heavy atom. The zero-order valence-corrected chi connectivity index (χ0v) is 14.4. The van der Waals surface area contributed by atoms with E-state index in [9.17, 15) is 9.00 Å². The van der Waals surface area contributed by atoms with E-state index in [4.69, 9.17) is 9.26 Å². The first-order valence-corrected chi connectivity index (χ1v) is 9.24. The van der Waals surface area contributed by atoms with Gasteiger partial charge in [-0.3, -0.25) is 9.00 Å². The molecule has 1 atom stereocenters. The summed E-state index contributed by atoms with van der Waals surface area (Å²) in [5.41, 5.74) is 2.32. The number of nitrogens with zero attached hydrogens (tertiary/aromatic N) is 1. The molecule has 0 fully saturated rings. The number of hydrogen-bond acceptors (Lipinski definition) is 5. The molecule has 0 bridgehead atoms. The Labute approximate surface area is 138 Å². The number of hydrogen-bond donors (Lipinski definition) is 0. The Bertz CT molecular complexity index is 691. The van der Waals surface area contributed by atoms with Crippen LogP contribution in [0.5, 0.6) is 5.75 Å². The minimum atomic E-state index is -0.852. The van der Waals surface area contributed by atoms with Gasteiger partial charge in [0.2, 0.25) is 0 Å². The maximum atomic E-state index is 11.8. The fraction of sp³-hybridized carbons (Fsp3) is 0.412. The summed E-state index contributed by atoms with van der Waals surface area (Å²) in [7, 11) is -0.852. The number of aromatic nitrogens is 1. The Kier molecular flexibility index (Phi) is 6.10. The number of carbonyl (C=O) groups excluding carboxylic acids is 1. The number of carbonyl (C=O) groups is 1. The molecule has 0 aliphatic rings. The van der Waals surface area contributed by atoms with Crippen LogP contribution >= 0.6 is 0 Å². The lowest BCUT2D eigenvalue weighted by molar-refractivity contribution is 0.101. The second-order valence-corrected chi connectivity index (χ2v) is 6.84.